The zero-order valence-corrected chi connectivity index (χ0v) is 11.6. The maximum Gasteiger partial charge on any atom is 0.241 e. The van der Waals surface area contributed by atoms with Crippen LogP contribution < -0.4 is 11.1 Å². The Bertz CT molecular complexity index is 429. The molecule has 3 nitrogen and oxygen atoms in total. The van der Waals surface area contributed by atoms with Gasteiger partial charge in [0, 0.05) is 5.69 Å². The lowest BCUT2D eigenvalue weighted by atomic mass is 10.0. The first-order valence-corrected chi connectivity index (χ1v) is 6.27. The number of halogens is 3. The lowest BCUT2D eigenvalue weighted by Gasteiger charge is -2.14. The molecule has 1 aromatic rings. The lowest BCUT2D eigenvalue weighted by molar-refractivity contribution is -0.117. The van der Waals surface area contributed by atoms with Crippen molar-refractivity contribution in [2.75, 3.05) is 5.32 Å². The average molecular weight is 293 g/mol. The first-order valence-electron chi connectivity index (χ1n) is 5.52. The fraction of sp³-hybridized carbons (Fsp3) is 0.417. The number of carbonyl (C=O) groups excluding carboxylic acids is 1. The van der Waals surface area contributed by atoms with Gasteiger partial charge >= 0.3 is 0 Å². The van der Waals surface area contributed by atoms with Gasteiger partial charge in [-0.2, -0.15) is 0 Å². The van der Waals surface area contributed by atoms with E-state index in [1.54, 1.807) is 0 Å². The molecule has 100 valence electrons. The molecule has 1 amide bonds. The summed E-state index contributed by atoms with van der Waals surface area (Å²) in [6.45, 7) is 3.94. The molecule has 0 fully saturated rings. The molecular formula is C12H15Cl2FN2O. The van der Waals surface area contributed by atoms with Crippen LogP contribution in [-0.4, -0.2) is 11.9 Å². The molecular weight excluding hydrogens is 278 g/mol. The van der Waals surface area contributed by atoms with E-state index in [-0.39, 0.29) is 16.0 Å². The maximum atomic E-state index is 13.2. The topological polar surface area (TPSA) is 55.1 Å². The fourth-order valence-corrected chi connectivity index (χ4v) is 1.96. The summed E-state index contributed by atoms with van der Waals surface area (Å²) in [7, 11) is 0. The van der Waals surface area contributed by atoms with E-state index in [0.29, 0.717) is 18.0 Å². The summed E-state index contributed by atoms with van der Waals surface area (Å²) in [5.74, 6) is -0.739. The van der Waals surface area contributed by atoms with Crippen LogP contribution >= 0.6 is 23.2 Å². The molecule has 0 saturated heterocycles. The standard InChI is InChI=1S/C12H15Cl2FN2O/c1-6(2)3-10(16)12(18)17-7-4-8(13)11(15)9(14)5-7/h4-6,10H,3,16H2,1-2H3,(H,17,18)/t10-/m0/s1. The highest BCUT2D eigenvalue weighted by molar-refractivity contribution is 6.35. The zero-order valence-electron chi connectivity index (χ0n) is 10.1. The third-order valence-corrected chi connectivity index (χ3v) is 2.86. The van der Waals surface area contributed by atoms with Gasteiger partial charge < -0.3 is 11.1 Å². The molecule has 0 aliphatic carbocycles. The van der Waals surface area contributed by atoms with Crippen molar-refractivity contribution >= 4 is 34.8 Å². The smallest absolute Gasteiger partial charge is 0.241 e. The molecule has 3 N–H and O–H groups in total. The van der Waals surface area contributed by atoms with E-state index in [4.69, 9.17) is 28.9 Å². The van der Waals surface area contributed by atoms with Crippen LogP contribution in [0.3, 0.4) is 0 Å². The minimum absolute atomic E-state index is 0.143. The number of hydrogen-bond acceptors (Lipinski definition) is 2. The van der Waals surface area contributed by atoms with Crippen molar-refractivity contribution in [1.29, 1.82) is 0 Å². The van der Waals surface area contributed by atoms with Crippen LogP contribution in [0.5, 0.6) is 0 Å². The Morgan fingerprint density at radius 2 is 1.89 bits per heavy atom. The van der Waals surface area contributed by atoms with Crippen LogP contribution in [0.4, 0.5) is 10.1 Å². The molecule has 1 atom stereocenters. The molecule has 0 unspecified atom stereocenters. The molecule has 0 heterocycles. The Kier molecular flexibility index (Phi) is 5.38. The molecule has 0 bridgehead atoms. The summed E-state index contributed by atoms with van der Waals surface area (Å²) >= 11 is 11.2. The molecule has 0 spiro atoms. The minimum Gasteiger partial charge on any atom is -0.325 e. The molecule has 6 heteroatoms. The second kappa shape index (κ2) is 6.36. The predicted octanol–water partition coefficient (Wildman–Crippen LogP) is 3.44. The molecule has 0 aliphatic rings. The number of nitrogens with one attached hydrogen (secondary N) is 1. The van der Waals surface area contributed by atoms with Crippen molar-refractivity contribution in [3.05, 3.63) is 28.0 Å². The maximum absolute atomic E-state index is 13.2. The van der Waals surface area contributed by atoms with Crippen LogP contribution in [-0.2, 0) is 4.79 Å². The van der Waals surface area contributed by atoms with Gasteiger partial charge in [0.2, 0.25) is 5.91 Å². The van der Waals surface area contributed by atoms with Gasteiger partial charge in [-0.1, -0.05) is 37.0 Å². The van der Waals surface area contributed by atoms with Crippen molar-refractivity contribution in [2.45, 2.75) is 26.3 Å². The molecule has 0 aliphatic heterocycles. The minimum atomic E-state index is -0.706. The van der Waals surface area contributed by atoms with Gasteiger partial charge in [-0.15, -0.1) is 0 Å². The van der Waals surface area contributed by atoms with Crippen molar-refractivity contribution in [3.63, 3.8) is 0 Å². The van der Waals surface area contributed by atoms with Crippen LogP contribution in [0.1, 0.15) is 20.3 Å². The molecule has 18 heavy (non-hydrogen) atoms. The molecule has 0 radical (unpaired) electrons. The van der Waals surface area contributed by atoms with E-state index in [2.05, 4.69) is 5.32 Å². The van der Waals surface area contributed by atoms with E-state index in [0.717, 1.165) is 0 Å². The fourth-order valence-electron chi connectivity index (χ4n) is 1.48. The quantitative estimate of drug-likeness (QED) is 0.835. The van der Waals surface area contributed by atoms with E-state index in [1.165, 1.54) is 12.1 Å². The Morgan fingerprint density at radius 1 is 1.39 bits per heavy atom. The van der Waals surface area contributed by atoms with Crippen LogP contribution in [0.2, 0.25) is 10.0 Å². The van der Waals surface area contributed by atoms with E-state index >= 15 is 0 Å². The van der Waals surface area contributed by atoms with Crippen LogP contribution in [0, 0.1) is 11.7 Å². The predicted molar refractivity (Wildman–Crippen MR) is 72.5 cm³/mol. The first kappa shape index (κ1) is 15.2. The summed E-state index contributed by atoms with van der Waals surface area (Å²) < 4.78 is 13.2. The van der Waals surface area contributed by atoms with Crippen LogP contribution in [0.25, 0.3) is 0 Å². The van der Waals surface area contributed by atoms with Crippen molar-refractivity contribution in [3.8, 4) is 0 Å². The van der Waals surface area contributed by atoms with Gasteiger partial charge in [0.1, 0.15) is 0 Å². The van der Waals surface area contributed by atoms with E-state index in [9.17, 15) is 9.18 Å². The van der Waals surface area contributed by atoms with E-state index in [1.807, 2.05) is 13.8 Å². The monoisotopic (exact) mass is 292 g/mol. The molecule has 0 saturated carbocycles. The summed E-state index contributed by atoms with van der Waals surface area (Å²) in [6.07, 6.45) is 0.564. The molecule has 1 rings (SSSR count). The normalized spacial score (nSPS) is 12.6. The Morgan fingerprint density at radius 3 is 2.33 bits per heavy atom. The summed E-state index contributed by atoms with van der Waals surface area (Å²) in [5, 5.41) is 2.27. The number of rotatable bonds is 4. The molecule has 1 aromatic carbocycles. The number of anilines is 1. The number of nitrogens with two attached hydrogens (primary N) is 1. The largest absolute Gasteiger partial charge is 0.325 e. The Balaban J connectivity index is 2.76. The van der Waals surface area contributed by atoms with E-state index < -0.39 is 11.9 Å². The number of hydrogen-bond donors (Lipinski definition) is 2. The lowest BCUT2D eigenvalue weighted by Crippen LogP contribution is -2.36. The van der Waals surface area contributed by atoms with Gasteiger partial charge in [0.15, 0.2) is 5.82 Å². The third kappa shape index (κ3) is 4.12. The van der Waals surface area contributed by atoms with Crippen molar-refractivity contribution in [2.24, 2.45) is 11.7 Å². The second-order valence-corrected chi connectivity index (χ2v) is 5.29. The Hall–Kier alpha value is -0.840. The zero-order chi connectivity index (χ0) is 13.9. The van der Waals surface area contributed by atoms with Gasteiger partial charge in [0.05, 0.1) is 16.1 Å². The van der Waals surface area contributed by atoms with Gasteiger partial charge in [-0.05, 0) is 24.5 Å². The SMILES string of the molecule is CC(C)C[C@H](N)C(=O)Nc1cc(Cl)c(F)c(Cl)c1. The average Bonchev–Trinajstić information content (AvgIpc) is 2.24. The summed E-state index contributed by atoms with van der Waals surface area (Å²) in [6, 6.07) is 1.97. The number of benzene rings is 1. The number of amides is 1. The summed E-state index contributed by atoms with van der Waals surface area (Å²) in [5.41, 5.74) is 6.05. The van der Waals surface area contributed by atoms with Crippen molar-refractivity contribution < 1.29 is 9.18 Å². The summed E-state index contributed by atoms with van der Waals surface area (Å²) in [4.78, 5) is 11.7. The third-order valence-electron chi connectivity index (χ3n) is 2.31. The number of carbonyl (C=O) groups is 1. The first-order chi connectivity index (χ1) is 8.31. The van der Waals surface area contributed by atoms with Gasteiger partial charge in [0.25, 0.3) is 0 Å². The Labute approximate surface area is 115 Å². The second-order valence-electron chi connectivity index (χ2n) is 4.48. The van der Waals surface area contributed by atoms with Gasteiger partial charge in [-0.25, -0.2) is 4.39 Å². The molecule has 0 aromatic heterocycles. The van der Waals surface area contributed by atoms with Crippen molar-refractivity contribution in [1.82, 2.24) is 0 Å². The highest BCUT2D eigenvalue weighted by atomic mass is 35.5. The van der Waals surface area contributed by atoms with Gasteiger partial charge in [-0.3, -0.25) is 4.79 Å². The highest BCUT2D eigenvalue weighted by Gasteiger charge is 2.16. The van der Waals surface area contributed by atoms with Crippen LogP contribution in [0.15, 0.2) is 12.1 Å². The highest BCUT2D eigenvalue weighted by Crippen LogP contribution is 2.27.